The fourth-order valence-electron chi connectivity index (χ4n) is 2.54. The van der Waals surface area contributed by atoms with Crippen molar-refractivity contribution in [1.82, 2.24) is 0 Å². The highest BCUT2D eigenvalue weighted by atomic mass is 19.1. The van der Waals surface area contributed by atoms with E-state index in [1.54, 1.807) is 6.08 Å². The quantitative estimate of drug-likeness (QED) is 0.467. The van der Waals surface area contributed by atoms with Crippen LogP contribution in [0.3, 0.4) is 0 Å². The van der Waals surface area contributed by atoms with Gasteiger partial charge in [-0.2, -0.15) is 9.65 Å². The van der Waals surface area contributed by atoms with E-state index < -0.39 is 17.6 Å². The van der Waals surface area contributed by atoms with Crippen LogP contribution in [0.5, 0.6) is 0 Å². The van der Waals surface area contributed by atoms with E-state index in [-0.39, 0.29) is 6.10 Å². The van der Waals surface area contributed by atoms with Crippen LogP contribution in [-0.2, 0) is 4.74 Å². The molecule has 1 saturated carbocycles. The summed E-state index contributed by atoms with van der Waals surface area (Å²) in [6.45, 7) is 0. The Labute approximate surface area is 133 Å². The van der Waals surface area contributed by atoms with Crippen molar-refractivity contribution >= 4 is 5.97 Å². The SMILES string of the molecule is N#CC(F)=CC=C[C@H]1CC[C@H](OC(=O)c2ccc(F)cc2)CC1. The number of esters is 1. The molecule has 1 aliphatic carbocycles. The summed E-state index contributed by atoms with van der Waals surface area (Å²) in [7, 11) is 0. The van der Waals surface area contributed by atoms with Crippen LogP contribution in [0.4, 0.5) is 8.78 Å². The predicted molar refractivity (Wildman–Crippen MR) is 81.5 cm³/mol. The lowest BCUT2D eigenvalue weighted by Gasteiger charge is -2.26. The van der Waals surface area contributed by atoms with Crippen LogP contribution in [0.1, 0.15) is 36.0 Å². The molecule has 0 amide bonds. The molecule has 0 spiro atoms. The van der Waals surface area contributed by atoms with Crippen LogP contribution in [0.25, 0.3) is 0 Å². The van der Waals surface area contributed by atoms with E-state index in [0.29, 0.717) is 11.5 Å². The Morgan fingerprint density at radius 1 is 1.22 bits per heavy atom. The van der Waals surface area contributed by atoms with Crippen molar-refractivity contribution in [1.29, 1.82) is 5.26 Å². The summed E-state index contributed by atoms with van der Waals surface area (Å²) in [5.74, 6) is -1.36. The molecule has 1 aliphatic rings. The zero-order chi connectivity index (χ0) is 16.7. The van der Waals surface area contributed by atoms with Gasteiger partial charge in [-0.15, -0.1) is 0 Å². The lowest BCUT2D eigenvalue weighted by molar-refractivity contribution is 0.0185. The normalized spacial score (nSPS) is 21.9. The third-order valence-corrected chi connectivity index (χ3v) is 3.81. The van der Waals surface area contributed by atoms with Gasteiger partial charge < -0.3 is 4.74 Å². The average molecular weight is 317 g/mol. The third-order valence-electron chi connectivity index (χ3n) is 3.81. The zero-order valence-electron chi connectivity index (χ0n) is 12.5. The zero-order valence-corrected chi connectivity index (χ0v) is 12.5. The van der Waals surface area contributed by atoms with Crippen molar-refractivity contribution in [3.8, 4) is 6.07 Å². The highest BCUT2D eigenvalue weighted by Crippen LogP contribution is 2.27. The number of ether oxygens (including phenoxy) is 1. The maximum absolute atomic E-state index is 12.8. The second kappa shape index (κ2) is 8.23. The summed E-state index contributed by atoms with van der Waals surface area (Å²) < 4.78 is 30.9. The van der Waals surface area contributed by atoms with E-state index in [0.717, 1.165) is 31.8 Å². The van der Waals surface area contributed by atoms with Gasteiger partial charge in [-0.3, -0.25) is 0 Å². The molecule has 1 aromatic carbocycles. The number of halogens is 2. The van der Waals surface area contributed by atoms with E-state index in [2.05, 4.69) is 0 Å². The highest BCUT2D eigenvalue weighted by molar-refractivity contribution is 5.89. The van der Waals surface area contributed by atoms with Crippen LogP contribution in [-0.4, -0.2) is 12.1 Å². The van der Waals surface area contributed by atoms with Crippen LogP contribution in [0, 0.1) is 23.1 Å². The van der Waals surface area contributed by atoms with Crippen molar-refractivity contribution in [2.45, 2.75) is 31.8 Å². The highest BCUT2D eigenvalue weighted by Gasteiger charge is 2.23. The first-order valence-electron chi connectivity index (χ1n) is 7.49. The minimum Gasteiger partial charge on any atom is -0.459 e. The molecule has 0 N–H and O–H groups in total. The lowest BCUT2D eigenvalue weighted by Crippen LogP contribution is -2.24. The summed E-state index contributed by atoms with van der Waals surface area (Å²) in [6.07, 6.45) is 7.53. The van der Waals surface area contributed by atoms with Crippen molar-refractivity contribution in [2.24, 2.45) is 5.92 Å². The molecule has 120 valence electrons. The summed E-state index contributed by atoms with van der Waals surface area (Å²) >= 11 is 0. The number of benzene rings is 1. The van der Waals surface area contributed by atoms with Crippen LogP contribution in [0.15, 0.2) is 48.3 Å². The predicted octanol–water partition coefficient (Wildman–Crippen LogP) is 4.47. The van der Waals surface area contributed by atoms with Gasteiger partial charge in [0.25, 0.3) is 0 Å². The van der Waals surface area contributed by atoms with Crippen molar-refractivity contribution in [2.75, 3.05) is 0 Å². The number of nitriles is 1. The Bertz CT molecular complexity index is 636. The largest absolute Gasteiger partial charge is 0.459 e. The maximum Gasteiger partial charge on any atom is 0.338 e. The Kier molecular flexibility index (Phi) is 6.04. The molecular formula is C18H17F2NO2. The van der Waals surface area contributed by atoms with E-state index in [4.69, 9.17) is 10.00 Å². The van der Waals surface area contributed by atoms with Gasteiger partial charge in [-0.25, -0.2) is 9.18 Å². The van der Waals surface area contributed by atoms with Gasteiger partial charge in [0.2, 0.25) is 0 Å². The second-order valence-corrected chi connectivity index (χ2v) is 5.46. The molecule has 1 fully saturated rings. The number of carbonyl (C=O) groups is 1. The first kappa shape index (κ1) is 16.9. The third kappa shape index (κ3) is 5.33. The Morgan fingerprint density at radius 2 is 1.87 bits per heavy atom. The molecule has 5 heteroatoms. The first-order valence-corrected chi connectivity index (χ1v) is 7.49. The molecule has 3 nitrogen and oxygen atoms in total. The second-order valence-electron chi connectivity index (χ2n) is 5.46. The van der Waals surface area contributed by atoms with Crippen molar-refractivity contribution in [3.05, 3.63) is 59.7 Å². The van der Waals surface area contributed by atoms with Crippen molar-refractivity contribution < 1.29 is 18.3 Å². The molecule has 2 rings (SSSR count). The minimum atomic E-state index is -0.817. The molecule has 0 radical (unpaired) electrons. The Hall–Kier alpha value is -2.48. The standard InChI is InChI=1S/C18H17F2NO2/c19-15-8-6-14(7-9-15)18(22)23-17-10-4-13(5-11-17)2-1-3-16(20)12-21/h1-3,6-9,13,17H,4-5,10-11H2/t13-,17-. The summed E-state index contributed by atoms with van der Waals surface area (Å²) in [5.41, 5.74) is 0.338. The fraction of sp³-hybridized carbons (Fsp3) is 0.333. The molecule has 0 aliphatic heterocycles. The smallest absolute Gasteiger partial charge is 0.338 e. The summed E-state index contributed by atoms with van der Waals surface area (Å²) in [4.78, 5) is 11.9. The lowest BCUT2D eigenvalue weighted by atomic mass is 9.87. The molecule has 0 heterocycles. The minimum absolute atomic E-state index is 0.149. The number of hydrogen-bond donors (Lipinski definition) is 0. The van der Waals surface area contributed by atoms with E-state index in [1.807, 2.05) is 6.08 Å². The molecule has 0 bridgehead atoms. The van der Waals surface area contributed by atoms with E-state index in [9.17, 15) is 13.6 Å². The maximum atomic E-state index is 12.8. The molecule has 23 heavy (non-hydrogen) atoms. The molecule has 0 unspecified atom stereocenters. The van der Waals surface area contributed by atoms with E-state index in [1.165, 1.54) is 30.3 Å². The van der Waals surface area contributed by atoms with Gasteiger partial charge in [0.05, 0.1) is 5.56 Å². The van der Waals surface area contributed by atoms with Gasteiger partial charge in [0, 0.05) is 0 Å². The Morgan fingerprint density at radius 3 is 2.48 bits per heavy atom. The molecule has 0 aromatic heterocycles. The van der Waals surface area contributed by atoms with Gasteiger partial charge >= 0.3 is 5.97 Å². The number of rotatable bonds is 4. The van der Waals surface area contributed by atoms with Gasteiger partial charge in [-0.05, 0) is 61.9 Å². The summed E-state index contributed by atoms with van der Waals surface area (Å²) in [6, 6.07) is 6.68. The van der Waals surface area contributed by atoms with Gasteiger partial charge in [0.15, 0.2) is 5.83 Å². The molecule has 0 saturated heterocycles. The molecule has 1 aromatic rings. The first-order chi connectivity index (χ1) is 11.1. The van der Waals surface area contributed by atoms with Crippen LogP contribution in [0.2, 0.25) is 0 Å². The Balaban J connectivity index is 1.79. The van der Waals surface area contributed by atoms with Crippen molar-refractivity contribution in [3.63, 3.8) is 0 Å². The summed E-state index contributed by atoms with van der Waals surface area (Å²) in [5, 5.41) is 8.30. The number of hydrogen-bond acceptors (Lipinski definition) is 3. The van der Waals surface area contributed by atoms with Crippen LogP contribution >= 0.6 is 0 Å². The molecular weight excluding hydrogens is 300 g/mol. The van der Waals surface area contributed by atoms with E-state index >= 15 is 0 Å². The average Bonchev–Trinajstić information content (AvgIpc) is 2.56. The number of nitrogens with zero attached hydrogens (tertiary/aromatic N) is 1. The monoisotopic (exact) mass is 317 g/mol. The molecule has 0 atom stereocenters. The topological polar surface area (TPSA) is 50.1 Å². The fourth-order valence-corrected chi connectivity index (χ4v) is 2.54. The number of carbonyl (C=O) groups excluding carboxylic acids is 1. The van der Waals surface area contributed by atoms with Gasteiger partial charge in [-0.1, -0.05) is 12.2 Å². The van der Waals surface area contributed by atoms with Gasteiger partial charge in [0.1, 0.15) is 18.0 Å². The van der Waals surface area contributed by atoms with Crippen LogP contribution < -0.4 is 0 Å². The number of allylic oxidation sites excluding steroid dienone is 4.